The molecule has 0 aliphatic heterocycles. The third-order valence-corrected chi connectivity index (χ3v) is 7.36. The summed E-state index contributed by atoms with van der Waals surface area (Å²) in [7, 11) is -2.51. The minimum absolute atomic E-state index is 0.0617. The molecule has 1 N–H and O–H groups in total. The molecule has 4 aromatic rings. The number of hydrogen-bond acceptors (Lipinski definition) is 5. The monoisotopic (exact) mass is 516 g/mol. The van der Waals surface area contributed by atoms with E-state index >= 15 is 0 Å². The van der Waals surface area contributed by atoms with Crippen molar-refractivity contribution >= 4 is 61.4 Å². The zero-order valence-electron chi connectivity index (χ0n) is 17.8. The Hall–Kier alpha value is -3.40. The Labute approximate surface area is 205 Å². The number of carbonyl (C=O) groups is 1. The summed E-state index contributed by atoms with van der Waals surface area (Å²) in [6.45, 7) is -0.639. The molecule has 0 saturated carbocycles. The van der Waals surface area contributed by atoms with Crippen molar-refractivity contribution < 1.29 is 18.3 Å². The maximum atomic E-state index is 13.4. The highest BCUT2D eigenvalue weighted by molar-refractivity contribution is 7.92. The highest BCUT2D eigenvalue weighted by atomic mass is 35.5. The summed E-state index contributed by atoms with van der Waals surface area (Å²) >= 11 is 12.0. The lowest BCUT2D eigenvalue weighted by atomic mass is 10.2. The lowest BCUT2D eigenvalue weighted by Gasteiger charge is -2.23. The lowest BCUT2D eigenvalue weighted by molar-refractivity contribution is -0.116. The summed E-state index contributed by atoms with van der Waals surface area (Å²) in [6.07, 6.45) is 0. The number of aryl methyl sites for hydroxylation is 1. The van der Waals surface area contributed by atoms with Crippen molar-refractivity contribution in [1.29, 1.82) is 0 Å². The van der Waals surface area contributed by atoms with Crippen molar-refractivity contribution in [3.8, 4) is 5.88 Å². The molecular formula is C23H18Cl2N4O4S. The summed E-state index contributed by atoms with van der Waals surface area (Å²) in [5.74, 6) is -1.01. The molecule has 0 unspecified atom stereocenters. The van der Waals surface area contributed by atoms with E-state index in [1.165, 1.54) is 41.0 Å². The van der Waals surface area contributed by atoms with Crippen LogP contribution in [0.5, 0.6) is 5.88 Å². The van der Waals surface area contributed by atoms with Gasteiger partial charge in [-0.2, -0.15) is 0 Å². The number of hydrogen-bond donors (Lipinski definition) is 1. The van der Waals surface area contributed by atoms with Gasteiger partial charge in [-0.05, 0) is 48.5 Å². The number of anilines is 1. The molecule has 0 aliphatic rings. The number of rotatable bonds is 6. The predicted octanol–water partition coefficient (Wildman–Crippen LogP) is 5.70. The Morgan fingerprint density at radius 2 is 1.71 bits per heavy atom. The first kappa shape index (κ1) is 23.7. The van der Waals surface area contributed by atoms with E-state index in [-0.39, 0.29) is 22.2 Å². The van der Waals surface area contributed by atoms with Gasteiger partial charge >= 0.3 is 0 Å². The molecule has 0 saturated heterocycles. The highest BCUT2D eigenvalue weighted by Crippen LogP contribution is 2.37. The Balaban J connectivity index is 1.69. The van der Waals surface area contributed by atoms with Crippen molar-refractivity contribution in [3.05, 3.63) is 82.8 Å². The Kier molecular flexibility index (Phi) is 6.60. The van der Waals surface area contributed by atoms with Crippen LogP contribution in [-0.2, 0) is 21.9 Å². The fourth-order valence-corrected chi connectivity index (χ4v) is 5.12. The number of carbonyl (C=O) groups excluding carboxylic acids is 1. The number of aromatic nitrogens is 1. The molecule has 0 aliphatic carbocycles. The molecule has 0 radical (unpaired) electrons. The fourth-order valence-electron chi connectivity index (χ4n) is 3.40. The molecule has 174 valence electrons. The van der Waals surface area contributed by atoms with Crippen LogP contribution in [0, 0.1) is 0 Å². The first-order valence-electron chi connectivity index (χ1n) is 9.93. The average Bonchev–Trinajstić information content (AvgIpc) is 3.06. The van der Waals surface area contributed by atoms with Gasteiger partial charge in [0.1, 0.15) is 6.54 Å². The Morgan fingerprint density at radius 3 is 2.41 bits per heavy atom. The van der Waals surface area contributed by atoms with E-state index < -0.39 is 22.5 Å². The molecule has 0 fully saturated rings. The molecule has 4 rings (SSSR count). The largest absolute Gasteiger partial charge is 0.493 e. The van der Waals surface area contributed by atoms with E-state index in [1.807, 2.05) is 0 Å². The van der Waals surface area contributed by atoms with E-state index in [4.69, 9.17) is 23.2 Å². The summed E-state index contributed by atoms with van der Waals surface area (Å²) in [5, 5.41) is 19.3. The first-order chi connectivity index (χ1) is 16.2. The molecule has 34 heavy (non-hydrogen) atoms. The van der Waals surface area contributed by atoms with Gasteiger partial charge in [0.05, 0.1) is 16.1 Å². The first-order valence-corrected chi connectivity index (χ1v) is 12.1. The number of sulfonamides is 1. The van der Waals surface area contributed by atoms with Crippen LogP contribution in [0.15, 0.2) is 87.9 Å². The van der Waals surface area contributed by atoms with Crippen LogP contribution in [-0.4, -0.2) is 30.5 Å². The van der Waals surface area contributed by atoms with E-state index in [0.717, 1.165) is 4.31 Å². The summed E-state index contributed by atoms with van der Waals surface area (Å²) < 4.78 is 29.1. The number of azo groups is 1. The van der Waals surface area contributed by atoms with Gasteiger partial charge in [-0.1, -0.05) is 47.5 Å². The third-order valence-electron chi connectivity index (χ3n) is 5.09. The highest BCUT2D eigenvalue weighted by Gasteiger charge is 2.27. The number of halogens is 2. The SMILES string of the molecule is Cn1c(O)c(N=NC(=O)CN(c2cccc(Cl)c2)S(=O)(=O)c2ccc(Cl)cc2)c2ccccc21. The molecule has 0 atom stereocenters. The van der Waals surface area contributed by atoms with E-state index in [1.54, 1.807) is 43.4 Å². The number of benzene rings is 3. The topological polar surface area (TPSA) is 104 Å². The molecule has 0 bridgehead atoms. The average molecular weight is 517 g/mol. The van der Waals surface area contributed by atoms with Crippen LogP contribution in [0.25, 0.3) is 10.9 Å². The maximum absolute atomic E-state index is 13.4. The molecule has 3 aromatic carbocycles. The van der Waals surface area contributed by atoms with E-state index in [2.05, 4.69) is 10.2 Å². The van der Waals surface area contributed by atoms with Gasteiger partial charge in [0.15, 0.2) is 5.69 Å². The van der Waals surface area contributed by atoms with Crippen molar-refractivity contribution in [2.75, 3.05) is 10.8 Å². The molecule has 8 nitrogen and oxygen atoms in total. The number of fused-ring (bicyclic) bond motifs is 1. The summed E-state index contributed by atoms with van der Waals surface area (Å²) in [5.41, 5.74) is 0.993. The second-order valence-corrected chi connectivity index (χ2v) is 10.0. The van der Waals surface area contributed by atoms with Crippen LogP contribution >= 0.6 is 23.2 Å². The number of para-hydroxylation sites is 1. The third kappa shape index (κ3) is 4.63. The van der Waals surface area contributed by atoms with Gasteiger partial charge in [0, 0.05) is 22.5 Å². The molecular weight excluding hydrogens is 499 g/mol. The van der Waals surface area contributed by atoms with Crippen molar-refractivity contribution in [1.82, 2.24) is 4.57 Å². The van der Waals surface area contributed by atoms with Gasteiger partial charge in [-0.3, -0.25) is 9.10 Å². The van der Waals surface area contributed by atoms with E-state index in [0.29, 0.717) is 20.9 Å². The number of nitrogens with zero attached hydrogens (tertiary/aromatic N) is 4. The molecule has 1 amide bonds. The van der Waals surface area contributed by atoms with Gasteiger partial charge in [0.2, 0.25) is 5.88 Å². The zero-order chi connectivity index (χ0) is 24.5. The van der Waals surface area contributed by atoms with Crippen LogP contribution < -0.4 is 4.31 Å². The normalized spacial score (nSPS) is 11.9. The minimum Gasteiger partial charge on any atom is -0.493 e. The van der Waals surface area contributed by atoms with Crippen molar-refractivity contribution in [2.24, 2.45) is 17.3 Å². The summed E-state index contributed by atoms with van der Waals surface area (Å²) in [6, 6.07) is 18.8. The maximum Gasteiger partial charge on any atom is 0.285 e. The van der Waals surface area contributed by atoms with Gasteiger partial charge in [-0.25, -0.2) is 8.42 Å². The van der Waals surface area contributed by atoms with Crippen molar-refractivity contribution in [3.63, 3.8) is 0 Å². The van der Waals surface area contributed by atoms with Crippen LogP contribution in [0.1, 0.15) is 0 Å². The second-order valence-electron chi connectivity index (χ2n) is 7.29. The Morgan fingerprint density at radius 1 is 1.00 bits per heavy atom. The van der Waals surface area contributed by atoms with Gasteiger partial charge in [0.25, 0.3) is 15.9 Å². The second kappa shape index (κ2) is 9.46. The number of aromatic hydroxyl groups is 1. The lowest BCUT2D eigenvalue weighted by Crippen LogP contribution is -2.35. The molecule has 0 spiro atoms. The van der Waals surface area contributed by atoms with Crippen molar-refractivity contribution in [2.45, 2.75) is 4.90 Å². The molecule has 1 heterocycles. The van der Waals surface area contributed by atoms with Crippen LogP contribution in [0.3, 0.4) is 0 Å². The zero-order valence-corrected chi connectivity index (χ0v) is 20.1. The fraction of sp³-hybridized carbons (Fsp3) is 0.0870. The predicted molar refractivity (Wildman–Crippen MR) is 132 cm³/mol. The van der Waals surface area contributed by atoms with Crippen LogP contribution in [0.2, 0.25) is 10.0 Å². The quantitative estimate of drug-likeness (QED) is 0.332. The molecule has 1 aromatic heterocycles. The number of amides is 1. The van der Waals surface area contributed by atoms with Gasteiger partial charge in [-0.15, -0.1) is 10.2 Å². The smallest absolute Gasteiger partial charge is 0.285 e. The van der Waals surface area contributed by atoms with Gasteiger partial charge < -0.3 is 9.67 Å². The standard InChI is InChI=1S/C23H18Cl2N4O4S/c1-28-20-8-3-2-7-19(20)22(23(28)31)27-26-21(30)14-29(17-6-4-5-16(25)13-17)34(32,33)18-11-9-15(24)10-12-18/h2-13,31H,14H2,1H3. The van der Waals surface area contributed by atoms with Crippen LogP contribution in [0.4, 0.5) is 11.4 Å². The Bertz CT molecular complexity index is 1520. The molecule has 11 heteroatoms. The van der Waals surface area contributed by atoms with E-state index in [9.17, 15) is 18.3 Å². The summed E-state index contributed by atoms with van der Waals surface area (Å²) in [4.78, 5) is 12.7. The minimum atomic E-state index is -4.16.